The lowest BCUT2D eigenvalue weighted by Gasteiger charge is -2.00. The van der Waals surface area contributed by atoms with Gasteiger partial charge in [0.1, 0.15) is 12.4 Å². The molecule has 0 aliphatic carbocycles. The van der Waals surface area contributed by atoms with E-state index in [0.29, 0.717) is 6.73 Å². The maximum absolute atomic E-state index is 5.37. The molecule has 1 heterocycles. The third-order valence-electron chi connectivity index (χ3n) is 2.30. The van der Waals surface area contributed by atoms with E-state index in [1.165, 1.54) is 25.1 Å². The van der Waals surface area contributed by atoms with Crippen LogP contribution in [-0.2, 0) is 17.9 Å². The van der Waals surface area contributed by atoms with Crippen LogP contribution in [0.25, 0.3) is 0 Å². The summed E-state index contributed by atoms with van der Waals surface area (Å²) in [6, 6.07) is 0. The highest BCUT2D eigenvalue weighted by Gasteiger charge is 2.08. The van der Waals surface area contributed by atoms with E-state index >= 15 is 0 Å². The van der Waals surface area contributed by atoms with Crippen molar-refractivity contribution in [2.24, 2.45) is 0 Å². The Morgan fingerprint density at radius 1 is 1.36 bits per heavy atom. The van der Waals surface area contributed by atoms with E-state index in [0.717, 1.165) is 13.0 Å². The molecule has 3 nitrogen and oxygen atoms in total. The Morgan fingerprint density at radius 3 is 2.93 bits per heavy atom. The van der Waals surface area contributed by atoms with Gasteiger partial charge in [-0.15, -0.1) is 0 Å². The molecule has 1 aromatic rings. The van der Waals surface area contributed by atoms with Gasteiger partial charge >= 0.3 is 0 Å². The molecule has 1 aromatic heterocycles. The number of hydrogen-bond donors (Lipinski definition) is 1. The van der Waals surface area contributed by atoms with Gasteiger partial charge in [0, 0.05) is 13.0 Å². The quantitative estimate of drug-likeness (QED) is 0.526. The second-order valence-corrected chi connectivity index (χ2v) is 3.46. The number of nitrogens with one attached hydrogen (secondary N) is 1. The highest BCUT2D eigenvalue weighted by atomic mass is 16.5. The number of hydrogen-bond acceptors (Lipinski definition) is 1. The number of aromatic amines is 1. The Hall–Kier alpha value is -0.830. The zero-order valence-corrected chi connectivity index (χ0v) is 9.25. The first kappa shape index (κ1) is 11.2. The van der Waals surface area contributed by atoms with E-state index in [4.69, 9.17) is 4.74 Å². The van der Waals surface area contributed by atoms with Crippen LogP contribution < -0.4 is 4.57 Å². The number of aryl methyl sites for hydroxylation is 1. The minimum absolute atomic E-state index is 0.668. The predicted molar refractivity (Wildman–Crippen MR) is 55.8 cm³/mol. The fourth-order valence-electron chi connectivity index (χ4n) is 1.47. The molecule has 0 amide bonds. The summed E-state index contributed by atoms with van der Waals surface area (Å²) >= 11 is 0. The molecule has 0 aliphatic heterocycles. The second kappa shape index (κ2) is 6.60. The molecule has 0 atom stereocenters. The first-order valence-corrected chi connectivity index (χ1v) is 5.52. The monoisotopic (exact) mass is 197 g/mol. The lowest BCUT2D eigenvalue weighted by Crippen LogP contribution is -2.37. The lowest BCUT2D eigenvalue weighted by molar-refractivity contribution is -0.737. The van der Waals surface area contributed by atoms with E-state index in [9.17, 15) is 0 Å². The molecule has 0 bridgehead atoms. The Kier molecular flexibility index (Phi) is 5.30. The van der Waals surface area contributed by atoms with Crippen LogP contribution >= 0.6 is 0 Å². The first-order chi connectivity index (χ1) is 6.88. The van der Waals surface area contributed by atoms with E-state index in [2.05, 4.69) is 16.5 Å². The van der Waals surface area contributed by atoms with Gasteiger partial charge in [-0.1, -0.05) is 19.8 Å². The molecule has 0 aromatic carbocycles. The standard InChI is InChI=1S/C11H20N2O/c1-3-5-6-7-11-12-8-9-13(11)10-14-4-2/h8-9H,3-7,10H2,1-2H3/p+1. The zero-order valence-electron chi connectivity index (χ0n) is 9.25. The fourth-order valence-corrected chi connectivity index (χ4v) is 1.47. The van der Waals surface area contributed by atoms with E-state index in [1.54, 1.807) is 0 Å². The Bertz CT molecular complexity index is 245. The van der Waals surface area contributed by atoms with Crippen LogP contribution in [0.4, 0.5) is 0 Å². The van der Waals surface area contributed by atoms with Crippen LogP contribution in [0.5, 0.6) is 0 Å². The molecule has 0 fully saturated rings. The topological polar surface area (TPSA) is 28.9 Å². The average Bonchev–Trinajstić information content (AvgIpc) is 2.63. The summed E-state index contributed by atoms with van der Waals surface area (Å²) < 4.78 is 7.51. The van der Waals surface area contributed by atoms with Gasteiger partial charge in [0.25, 0.3) is 5.82 Å². The van der Waals surface area contributed by atoms with Gasteiger partial charge in [-0.2, -0.15) is 0 Å². The third kappa shape index (κ3) is 3.50. The highest BCUT2D eigenvalue weighted by molar-refractivity contribution is 4.76. The van der Waals surface area contributed by atoms with Gasteiger partial charge < -0.3 is 4.74 Å². The molecule has 0 spiro atoms. The van der Waals surface area contributed by atoms with Crippen LogP contribution in [0.1, 0.15) is 38.9 Å². The van der Waals surface area contributed by atoms with Crippen molar-refractivity contribution in [2.75, 3.05) is 6.61 Å². The van der Waals surface area contributed by atoms with Crippen molar-refractivity contribution in [1.82, 2.24) is 4.98 Å². The zero-order chi connectivity index (χ0) is 10.2. The summed E-state index contributed by atoms with van der Waals surface area (Å²) in [5.74, 6) is 1.27. The SMILES string of the molecule is CCCCCc1[nH]cc[n+]1COCC. The van der Waals surface area contributed by atoms with Crippen molar-refractivity contribution in [2.45, 2.75) is 46.3 Å². The van der Waals surface area contributed by atoms with E-state index < -0.39 is 0 Å². The molecule has 0 aliphatic rings. The van der Waals surface area contributed by atoms with Crippen molar-refractivity contribution in [3.8, 4) is 0 Å². The summed E-state index contributed by atoms with van der Waals surface area (Å²) in [5, 5.41) is 0. The Morgan fingerprint density at radius 2 is 2.21 bits per heavy atom. The predicted octanol–water partition coefficient (Wildman–Crippen LogP) is 2.03. The van der Waals surface area contributed by atoms with Crippen molar-refractivity contribution in [3.63, 3.8) is 0 Å². The smallest absolute Gasteiger partial charge is 0.256 e. The van der Waals surface area contributed by atoms with Crippen molar-refractivity contribution >= 4 is 0 Å². The normalized spacial score (nSPS) is 10.7. The molecule has 0 saturated heterocycles. The molecule has 14 heavy (non-hydrogen) atoms. The van der Waals surface area contributed by atoms with E-state index in [1.807, 2.05) is 19.3 Å². The summed E-state index contributed by atoms with van der Waals surface area (Å²) in [7, 11) is 0. The number of ether oxygens (including phenoxy) is 1. The van der Waals surface area contributed by atoms with Crippen molar-refractivity contribution in [1.29, 1.82) is 0 Å². The first-order valence-electron chi connectivity index (χ1n) is 5.52. The summed E-state index contributed by atoms with van der Waals surface area (Å²) in [6.45, 7) is 5.68. The number of rotatable bonds is 7. The number of imidazole rings is 1. The second-order valence-electron chi connectivity index (χ2n) is 3.46. The fraction of sp³-hybridized carbons (Fsp3) is 0.727. The summed E-state index contributed by atoms with van der Waals surface area (Å²) in [4.78, 5) is 3.26. The summed E-state index contributed by atoms with van der Waals surface area (Å²) in [5.41, 5.74) is 0. The number of nitrogens with zero attached hydrogens (tertiary/aromatic N) is 1. The lowest BCUT2D eigenvalue weighted by atomic mass is 10.2. The molecule has 80 valence electrons. The van der Waals surface area contributed by atoms with Crippen LogP contribution in [0, 0.1) is 0 Å². The van der Waals surface area contributed by atoms with Gasteiger partial charge in [-0.25, -0.2) is 9.55 Å². The molecule has 0 unspecified atom stereocenters. The third-order valence-corrected chi connectivity index (χ3v) is 2.30. The van der Waals surface area contributed by atoms with Gasteiger partial charge in [0.05, 0.1) is 0 Å². The maximum atomic E-state index is 5.37. The van der Waals surface area contributed by atoms with Gasteiger partial charge in [0.2, 0.25) is 0 Å². The van der Waals surface area contributed by atoms with Crippen LogP contribution in [-0.4, -0.2) is 11.6 Å². The van der Waals surface area contributed by atoms with Gasteiger partial charge in [-0.3, -0.25) is 0 Å². The molecular weight excluding hydrogens is 176 g/mol. The molecule has 0 saturated carbocycles. The van der Waals surface area contributed by atoms with Gasteiger partial charge in [-0.05, 0) is 13.3 Å². The van der Waals surface area contributed by atoms with Crippen molar-refractivity contribution < 1.29 is 9.30 Å². The summed E-state index contributed by atoms with van der Waals surface area (Å²) in [6.07, 6.45) is 8.95. The van der Waals surface area contributed by atoms with Crippen molar-refractivity contribution in [3.05, 3.63) is 18.2 Å². The number of H-pyrrole nitrogens is 1. The van der Waals surface area contributed by atoms with Gasteiger partial charge in [0.15, 0.2) is 6.73 Å². The van der Waals surface area contributed by atoms with Crippen LogP contribution in [0.2, 0.25) is 0 Å². The van der Waals surface area contributed by atoms with E-state index in [-0.39, 0.29) is 0 Å². The minimum atomic E-state index is 0.668. The Balaban J connectivity index is 2.37. The maximum Gasteiger partial charge on any atom is 0.256 e. The largest absolute Gasteiger partial charge is 0.342 e. The van der Waals surface area contributed by atoms with Crippen LogP contribution in [0.15, 0.2) is 12.4 Å². The number of aromatic nitrogens is 2. The molecular formula is C11H21N2O+. The molecule has 1 rings (SSSR count). The minimum Gasteiger partial charge on any atom is -0.342 e. The molecule has 1 N–H and O–H groups in total. The molecule has 0 radical (unpaired) electrons. The Labute approximate surface area is 86.1 Å². The molecule has 3 heteroatoms. The average molecular weight is 197 g/mol. The number of unbranched alkanes of at least 4 members (excludes halogenated alkanes) is 2. The highest BCUT2D eigenvalue weighted by Crippen LogP contribution is 2.00. The van der Waals surface area contributed by atoms with Crippen LogP contribution in [0.3, 0.4) is 0 Å².